The summed E-state index contributed by atoms with van der Waals surface area (Å²) >= 11 is 0. The van der Waals surface area contributed by atoms with Gasteiger partial charge in [-0.3, -0.25) is 0 Å². The summed E-state index contributed by atoms with van der Waals surface area (Å²) in [5, 5.41) is 13.0. The molecule has 0 radical (unpaired) electrons. The van der Waals surface area contributed by atoms with Crippen molar-refractivity contribution in [2.24, 2.45) is 5.92 Å². The number of hydrogen-bond donors (Lipinski definition) is 2. The highest BCUT2D eigenvalue weighted by atomic mass is 16.6. The van der Waals surface area contributed by atoms with Crippen LogP contribution in [0.1, 0.15) is 38.0 Å². The Hall–Kier alpha value is -3.59. The van der Waals surface area contributed by atoms with E-state index >= 15 is 0 Å². The van der Waals surface area contributed by atoms with Crippen LogP contribution in [0.5, 0.6) is 0 Å². The first-order valence-electron chi connectivity index (χ1n) is 11.5. The van der Waals surface area contributed by atoms with Gasteiger partial charge in [0.15, 0.2) is 6.10 Å². The summed E-state index contributed by atoms with van der Waals surface area (Å²) in [6, 6.07) is 17.2. The number of benzene rings is 2. The van der Waals surface area contributed by atoms with Crippen molar-refractivity contribution in [3.05, 3.63) is 71.8 Å². The molecule has 1 aliphatic heterocycles. The molecule has 3 atom stereocenters. The molecule has 1 aliphatic rings. The summed E-state index contributed by atoms with van der Waals surface area (Å²) in [4.78, 5) is 38.9. The second-order valence-corrected chi connectivity index (χ2v) is 9.40. The zero-order chi connectivity index (χ0) is 25.4. The molecule has 1 saturated heterocycles. The zero-order valence-electron chi connectivity index (χ0n) is 20.2. The average molecular weight is 485 g/mol. The van der Waals surface area contributed by atoms with Crippen LogP contribution in [0.4, 0.5) is 9.59 Å². The summed E-state index contributed by atoms with van der Waals surface area (Å²) in [6.45, 7) is 5.62. The number of aliphatic hydroxyl groups excluding tert-OH is 1. The van der Waals surface area contributed by atoms with Crippen molar-refractivity contribution in [3.8, 4) is 0 Å². The number of likely N-dealkylation sites (tertiary alicyclic amines) is 1. The third kappa shape index (κ3) is 7.99. The Kier molecular flexibility index (Phi) is 8.70. The Bertz CT molecular complexity index is 992. The molecule has 0 saturated carbocycles. The normalized spacial score (nSPS) is 18.5. The van der Waals surface area contributed by atoms with Gasteiger partial charge < -0.3 is 29.5 Å². The van der Waals surface area contributed by atoms with Crippen LogP contribution in [0.15, 0.2) is 60.7 Å². The largest absolute Gasteiger partial charge is 0.463 e. The van der Waals surface area contributed by atoms with Crippen molar-refractivity contribution < 1.29 is 33.7 Å². The van der Waals surface area contributed by atoms with E-state index in [1.165, 1.54) is 4.90 Å². The number of rotatable bonds is 7. The minimum atomic E-state index is -1.43. The highest BCUT2D eigenvalue weighted by Crippen LogP contribution is 2.22. The van der Waals surface area contributed by atoms with E-state index in [2.05, 4.69) is 5.32 Å². The number of amides is 2. The summed E-state index contributed by atoms with van der Waals surface area (Å²) < 4.78 is 16.1. The molecule has 9 nitrogen and oxygen atoms in total. The van der Waals surface area contributed by atoms with Crippen LogP contribution in [0.3, 0.4) is 0 Å². The monoisotopic (exact) mass is 484 g/mol. The Labute approximate surface area is 205 Å². The van der Waals surface area contributed by atoms with Gasteiger partial charge in [-0.1, -0.05) is 60.7 Å². The molecule has 2 amide bonds. The maximum Gasteiger partial charge on any atom is 0.410 e. The molecule has 2 aromatic carbocycles. The molecule has 35 heavy (non-hydrogen) atoms. The summed E-state index contributed by atoms with van der Waals surface area (Å²) in [5.41, 5.74) is 0.570. The maximum absolute atomic E-state index is 12.7. The third-order valence-electron chi connectivity index (χ3n) is 5.38. The highest BCUT2D eigenvalue weighted by molar-refractivity contribution is 5.76. The molecule has 0 bridgehead atoms. The van der Waals surface area contributed by atoms with Crippen molar-refractivity contribution in [2.75, 3.05) is 19.7 Å². The number of nitrogens with one attached hydrogen (secondary N) is 1. The number of carbonyl (C=O) groups excluding carboxylic acids is 3. The van der Waals surface area contributed by atoms with E-state index < -0.39 is 41.8 Å². The Morgan fingerprint density at radius 1 is 1.00 bits per heavy atom. The van der Waals surface area contributed by atoms with E-state index in [1.54, 1.807) is 51.1 Å². The third-order valence-corrected chi connectivity index (χ3v) is 5.38. The van der Waals surface area contributed by atoms with E-state index in [4.69, 9.17) is 14.2 Å². The molecule has 188 valence electrons. The minimum Gasteiger partial charge on any atom is -0.463 e. The minimum absolute atomic E-state index is 0.105. The van der Waals surface area contributed by atoms with E-state index in [0.29, 0.717) is 5.56 Å². The standard InChI is InChI=1S/C26H32N2O7/c1-26(2,3)35-24(31)27-21-15-28(25(32)34-16-18-10-6-4-7-11-18)14-20(21)17-33-23(30)22(29)19-12-8-5-9-13-19/h4-13,20-22,29H,14-17H2,1-3H3,(H,27,31)/t20-,21-,22+/m1/s1. The molecule has 0 aliphatic carbocycles. The van der Waals surface area contributed by atoms with E-state index in [1.807, 2.05) is 30.3 Å². The summed E-state index contributed by atoms with van der Waals surface area (Å²) in [7, 11) is 0. The van der Waals surface area contributed by atoms with Gasteiger partial charge in [0.05, 0.1) is 12.6 Å². The van der Waals surface area contributed by atoms with Crippen LogP contribution in [-0.2, 0) is 25.6 Å². The molecule has 0 unspecified atom stereocenters. The Morgan fingerprint density at radius 2 is 1.63 bits per heavy atom. The van der Waals surface area contributed by atoms with Crippen LogP contribution in [0.2, 0.25) is 0 Å². The Morgan fingerprint density at radius 3 is 2.26 bits per heavy atom. The number of ether oxygens (including phenoxy) is 3. The van der Waals surface area contributed by atoms with Crippen LogP contribution < -0.4 is 5.32 Å². The number of carbonyl (C=O) groups is 3. The predicted octanol–water partition coefficient (Wildman–Crippen LogP) is 3.43. The lowest BCUT2D eigenvalue weighted by Gasteiger charge is -2.24. The lowest BCUT2D eigenvalue weighted by Crippen LogP contribution is -2.44. The molecule has 9 heteroatoms. The van der Waals surface area contributed by atoms with Gasteiger partial charge >= 0.3 is 18.2 Å². The predicted molar refractivity (Wildman–Crippen MR) is 127 cm³/mol. The van der Waals surface area contributed by atoms with Crippen molar-refractivity contribution in [3.63, 3.8) is 0 Å². The van der Waals surface area contributed by atoms with Crippen molar-refractivity contribution in [1.82, 2.24) is 10.2 Å². The molecule has 3 rings (SSSR count). The van der Waals surface area contributed by atoms with Gasteiger partial charge in [0.1, 0.15) is 12.2 Å². The van der Waals surface area contributed by atoms with E-state index in [9.17, 15) is 19.5 Å². The second-order valence-electron chi connectivity index (χ2n) is 9.40. The number of aliphatic hydroxyl groups is 1. The quantitative estimate of drug-likeness (QED) is 0.457. The number of hydrogen-bond acceptors (Lipinski definition) is 7. The van der Waals surface area contributed by atoms with Gasteiger partial charge in [-0.05, 0) is 31.9 Å². The maximum atomic E-state index is 12.7. The zero-order valence-corrected chi connectivity index (χ0v) is 20.2. The fourth-order valence-corrected chi connectivity index (χ4v) is 3.66. The van der Waals surface area contributed by atoms with Crippen LogP contribution >= 0.6 is 0 Å². The van der Waals surface area contributed by atoms with Crippen molar-refractivity contribution in [2.45, 2.75) is 45.1 Å². The lowest BCUT2D eigenvalue weighted by molar-refractivity contribution is -0.155. The summed E-state index contributed by atoms with van der Waals surface area (Å²) in [5.74, 6) is -1.23. The van der Waals surface area contributed by atoms with Gasteiger partial charge in [0.25, 0.3) is 0 Å². The van der Waals surface area contributed by atoms with Gasteiger partial charge in [0, 0.05) is 19.0 Å². The topological polar surface area (TPSA) is 114 Å². The molecule has 0 spiro atoms. The van der Waals surface area contributed by atoms with Crippen molar-refractivity contribution in [1.29, 1.82) is 0 Å². The molecule has 1 fully saturated rings. The Balaban J connectivity index is 1.61. The number of alkyl carbamates (subject to hydrolysis) is 1. The fourth-order valence-electron chi connectivity index (χ4n) is 3.66. The lowest BCUT2D eigenvalue weighted by atomic mass is 10.1. The molecule has 2 N–H and O–H groups in total. The first-order chi connectivity index (χ1) is 16.6. The molecule has 0 aromatic heterocycles. The smallest absolute Gasteiger partial charge is 0.410 e. The second kappa shape index (κ2) is 11.7. The van der Waals surface area contributed by atoms with Crippen molar-refractivity contribution >= 4 is 18.2 Å². The van der Waals surface area contributed by atoms with Gasteiger partial charge in [-0.25, -0.2) is 14.4 Å². The van der Waals surface area contributed by atoms with Crippen LogP contribution in [0.25, 0.3) is 0 Å². The summed E-state index contributed by atoms with van der Waals surface area (Å²) in [6.07, 6.45) is -2.60. The highest BCUT2D eigenvalue weighted by Gasteiger charge is 2.39. The molecule has 2 aromatic rings. The van der Waals surface area contributed by atoms with Crippen LogP contribution in [0, 0.1) is 5.92 Å². The van der Waals surface area contributed by atoms with E-state index in [0.717, 1.165) is 5.56 Å². The van der Waals surface area contributed by atoms with Gasteiger partial charge in [-0.2, -0.15) is 0 Å². The number of esters is 1. The van der Waals surface area contributed by atoms with Gasteiger partial charge in [0.2, 0.25) is 0 Å². The van der Waals surface area contributed by atoms with Crippen LogP contribution in [-0.4, -0.2) is 59.5 Å². The fraction of sp³-hybridized carbons (Fsp3) is 0.423. The molecular weight excluding hydrogens is 452 g/mol. The number of nitrogens with zero attached hydrogens (tertiary/aromatic N) is 1. The SMILES string of the molecule is CC(C)(C)OC(=O)N[C@@H]1CN(C(=O)OCc2ccccc2)C[C@@H]1COC(=O)[C@@H](O)c1ccccc1. The van der Waals surface area contributed by atoms with E-state index in [-0.39, 0.29) is 26.3 Å². The first kappa shape index (κ1) is 26.0. The average Bonchev–Trinajstić information content (AvgIpc) is 3.23. The molecular formula is C26H32N2O7. The molecule has 1 heterocycles. The van der Waals surface area contributed by atoms with Gasteiger partial charge in [-0.15, -0.1) is 0 Å². The first-order valence-corrected chi connectivity index (χ1v) is 11.5.